The van der Waals surface area contributed by atoms with Crippen LogP contribution in [0.25, 0.3) is 10.9 Å². The van der Waals surface area contributed by atoms with E-state index in [9.17, 15) is 9.59 Å². The summed E-state index contributed by atoms with van der Waals surface area (Å²) in [6.45, 7) is 0.328. The zero-order chi connectivity index (χ0) is 13.8. The number of carbonyl (C=O) groups is 2. The fourth-order valence-electron chi connectivity index (χ4n) is 1.78. The van der Waals surface area contributed by atoms with Crippen LogP contribution in [0, 0.1) is 0 Å². The smallest absolute Gasteiger partial charge is 0.303 e. The molecular formula is C13H13ClN2O3. The summed E-state index contributed by atoms with van der Waals surface area (Å²) < 4.78 is 0. The minimum Gasteiger partial charge on any atom is -0.481 e. The normalized spacial score (nSPS) is 10.6. The number of hydrogen-bond donors (Lipinski definition) is 3. The molecule has 0 radical (unpaired) electrons. The molecule has 0 aliphatic carbocycles. The Balaban J connectivity index is 2.01. The van der Waals surface area contributed by atoms with E-state index in [1.807, 2.05) is 12.1 Å². The van der Waals surface area contributed by atoms with Crippen molar-refractivity contribution in [1.82, 2.24) is 10.3 Å². The Bertz CT molecular complexity index is 621. The van der Waals surface area contributed by atoms with Crippen molar-refractivity contribution in [3.05, 3.63) is 35.0 Å². The number of aromatic nitrogens is 1. The quantitative estimate of drug-likeness (QED) is 0.736. The van der Waals surface area contributed by atoms with Crippen LogP contribution in [0.15, 0.2) is 24.3 Å². The van der Waals surface area contributed by atoms with E-state index in [-0.39, 0.29) is 12.3 Å². The molecule has 0 saturated carbocycles. The lowest BCUT2D eigenvalue weighted by atomic mass is 10.2. The van der Waals surface area contributed by atoms with Gasteiger partial charge in [0, 0.05) is 18.4 Å². The first-order chi connectivity index (χ1) is 9.08. The average Bonchev–Trinajstić information content (AvgIpc) is 2.79. The highest BCUT2D eigenvalue weighted by Crippen LogP contribution is 2.23. The van der Waals surface area contributed by atoms with E-state index in [2.05, 4.69) is 10.3 Å². The van der Waals surface area contributed by atoms with Crippen molar-refractivity contribution in [2.24, 2.45) is 0 Å². The lowest BCUT2D eigenvalue weighted by molar-refractivity contribution is -0.137. The van der Waals surface area contributed by atoms with Crippen LogP contribution in [-0.2, 0) is 4.79 Å². The van der Waals surface area contributed by atoms with Crippen LogP contribution in [0.5, 0.6) is 0 Å². The maximum atomic E-state index is 11.8. The molecule has 0 spiro atoms. The maximum absolute atomic E-state index is 11.8. The third-order valence-electron chi connectivity index (χ3n) is 2.70. The van der Waals surface area contributed by atoms with Gasteiger partial charge in [-0.05, 0) is 18.6 Å². The number of nitrogens with one attached hydrogen (secondary N) is 2. The van der Waals surface area contributed by atoms with E-state index >= 15 is 0 Å². The van der Waals surface area contributed by atoms with Crippen molar-refractivity contribution in [3.8, 4) is 0 Å². The van der Waals surface area contributed by atoms with Crippen LogP contribution < -0.4 is 5.32 Å². The fourth-order valence-corrected chi connectivity index (χ4v) is 2.01. The average molecular weight is 281 g/mol. The second-order valence-electron chi connectivity index (χ2n) is 4.14. The van der Waals surface area contributed by atoms with Gasteiger partial charge in [-0.3, -0.25) is 9.59 Å². The minimum atomic E-state index is -0.869. The fraction of sp³-hybridized carbons (Fsp3) is 0.231. The SMILES string of the molecule is O=C(O)CCCNC(=O)c1cc2cccc(Cl)c2[nH]1. The number of hydrogen-bond acceptors (Lipinski definition) is 2. The number of halogens is 1. The van der Waals surface area contributed by atoms with Crippen LogP contribution in [0.1, 0.15) is 23.3 Å². The third kappa shape index (κ3) is 3.26. The van der Waals surface area contributed by atoms with Gasteiger partial charge in [-0.25, -0.2) is 0 Å². The number of amides is 1. The Morgan fingerprint density at radius 2 is 2.16 bits per heavy atom. The van der Waals surface area contributed by atoms with E-state index in [0.29, 0.717) is 23.7 Å². The summed E-state index contributed by atoms with van der Waals surface area (Å²) in [6, 6.07) is 7.13. The molecule has 0 atom stereocenters. The molecule has 0 fully saturated rings. The largest absolute Gasteiger partial charge is 0.481 e. The lowest BCUT2D eigenvalue weighted by Crippen LogP contribution is -2.25. The van der Waals surface area contributed by atoms with Crippen LogP contribution in [0.4, 0.5) is 0 Å². The van der Waals surface area contributed by atoms with Crippen molar-refractivity contribution >= 4 is 34.4 Å². The Morgan fingerprint density at radius 3 is 2.84 bits per heavy atom. The van der Waals surface area contributed by atoms with Crippen LogP contribution in [0.3, 0.4) is 0 Å². The number of carbonyl (C=O) groups excluding carboxylic acids is 1. The molecule has 0 bridgehead atoms. The Morgan fingerprint density at radius 1 is 1.37 bits per heavy atom. The summed E-state index contributed by atoms with van der Waals surface area (Å²) in [5, 5.41) is 12.6. The molecule has 6 heteroatoms. The summed E-state index contributed by atoms with van der Waals surface area (Å²) in [5.41, 5.74) is 1.14. The number of benzene rings is 1. The number of fused-ring (bicyclic) bond motifs is 1. The zero-order valence-electron chi connectivity index (χ0n) is 10.1. The molecule has 0 saturated heterocycles. The lowest BCUT2D eigenvalue weighted by Gasteiger charge is -2.01. The molecule has 19 heavy (non-hydrogen) atoms. The van der Waals surface area contributed by atoms with Gasteiger partial charge in [-0.15, -0.1) is 0 Å². The third-order valence-corrected chi connectivity index (χ3v) is 3.02. The molecule has 1 heterocycles. The molecule has 1 aromatic carbocycles. The molecule has 0 aliphatic rings. The number of para-hydroxylation sites is 1. The molecule has 2 rings (SSSR count). The molecule has 3 N–H and O–H groups in total. The van der Waals surface area contributed by atoms with Gasteiger partial charge in [0.05, 0.1) is 10.5 Å². The van der Waals surface area contributed by atoms with Gasteiger partial charge in [-0.1, -0.05) is 23.7 Å². The predicted molar refractivity (Wildman–Crippen MR) is 72.5 cm³/mol. The van der Waals surface area contributed by atoms with E-state index in [4.69, 9.17) is 16.7 Å². The number of aliphatic carboxylic acids is 1. The summed E-state index contributed by atoms with van der Waals surface area (Å²) >= 11 is 6.01. The minimum absolute atomic E-state index is 0.0405. The number of rotatable bonds is 5. The molecule has 1 amide bonds. The molecule has 1 aromatic heterocycles. The first-order valence-corrected chi connectivity index (χ1v) is 6.23. The second-order valence-corrected chi connectivity index (χ2v) is 4.55. The van der Waals surface area contributed by atoms with E-state index in [0.717, 1.165) is 10.9 Å². The van der Waals surface area contributed by atoms with Gasteiger partial charge in [0.15, 0.2) is 0 Å². The van der Waals surface area contributed by atoms with Crippen molar-refractivity contribution in [1.29, 1.82) is 0 Å². The summed E-state index contributed by atoms with van der Waals surface area (Å²) in [7, 11) is 0. The van der Waals surface area contributed by atoms with Gasteiger partial charge in [0.1, 0.15) is 5.69 Å². The van der Waals surface area contributed by atoms with Gasteiger partial charge in [0.25, 0.3) is 5.91 Å². The van der Waals surface area contributed by atoms with E-state index < -0.39 is 5.97 Å². The maximum Gasteiger partial charge on any atom is 0.303 e. The predicted octanol–water partition coefficient (Wildman–Crippen LogP) is 2.42. The highest BCUT2D eigenvalue weighted by Gasteiger charge is 2.10. The van der Waals surface area contributed by atoms with Gasteiger partial charge in [-0.2, -0.15) is 0 Å². The summed E-state index contributed by atoms with van der Waals surface area (Å²) in [6.07, 6.45) is 0.445. The number of H-pyrrole nitrogens is 1. The standard InChI is InChI=1S/C13H13ClN2O3/c14-9-4-1-3-8-7-10(16-12(8)9)13(19)15-6-2-5-11(17)18/h1,3-4,7,16H,2,5-6H2,(H,15,19)(H,17,18). The van der Waals surface area contributed by atoms with Gasteiger partial charge < -0.3 is 15.4 Å². The van der Waals surface area contributed by atoms with Gasteiger partial charge >= 0.3 is 5.97 Å². The topological polar surface area (TPSA) is 82.2 Å². The van der Waals surface area contributed by atoms with Crippen LogP contribution in [0.2, 0.25) is 5.02 Å². The molecule has 0 aliphatic heterocycles. The van der Waals surface area contributed by atoms with Gasteiger partial charge in [0.2, 0.25) is 0 Å². The first kappa shape index (κ1) is 13.4. The van der Waals surface area contributed by atoms with E-state index in [1.165, 1.54) is 0 Å². The number of aromatic amines is 1. The molecule has 100 valence electrons. The summed E-state index contributed by atoms with van der Waals surface area (Å²) in [4.78, 5) is 25.1. The van der Waals surface area contributed by atoms with Crippen molar-refractivity contribution in [3.63, 3.8) is 0 Å². The molecule has 2 aromatic rings. The van der Waals surface area contributed by atoms with Crippen molar-refractivity contribution < 1.29 is 14.7 Å². The number of carboxylic acid groups (broad SMARTS) is 1. The van der Waals surface area contributed by atoms with Crippen LogP contribution >= 0.6 is 11.6 Å². The Hall–Kier alpha value is -2.01. The molecule has 0 unspecified atom stereocenters. The molecule has 5 nitrogen and oxygen atoms in total. The molecular weight excluding hydrogens is 268 g/mol. The monoisotopic (exact) mass is 280 g/mol. The number of carboxylic acids is 1. The van der Waals surface area contributed by atoms with Crippen LogP contribution in [-0.4, -0.2) is 28.5 Å². The Labute approximate surface area is 114 Å². The first-order valence-electron chi connectivity index (χ1n) is 5.85. The zero-order valence-corrected chi connectivity index (χ0v) is 10.8. The highest BCUT2D eigenvalue weighted by atomic mass is 35.5. The summed E-state index contributed by atoms with van der Waals surface area (Å²) in [5.74, 6) is -1.13. The van der Waals surface area contributed by atoms with E-state index in [1.54, 1.807) is 12.1 Å². The Kier molecular flexibility index (Phi) is 4.06. The van der Waals surface area contributed by atoms with Crippen molar-refractivity contribution in [2.45, 2.75) is 12.8 Å². The second kappa shape index (κ2) is 5.75. The van der Waals surface area contributed by atoms with Crippen molar-refractivity contribution in [2.75, 3.05) is 6.54 Å². The highest BCUT2D eigenvalue weighted by molar-refractivity contribution is 6.35.